The first-order valence-electron chi connectivity index (χ1n) is 2.11. The van der Waals surface area contributed by atoms with Gasteiger partial charge < -0.3 is 15.4 Å². The van der Waals surface area contributed by atoms with E-state index in [4.69, 9.17) is 5.41 Å². The number of hydrogen-bond acceptors (Lipinski definition) is 2. The Morgan fingerprint density at radius 1 is 1.75 bits per heavy atom. The normalized spacial score (nSPS) is 9.00. The quantitative estimate of drug-likeness (QED) is 0.428. The van der Waals surface area contributed by atoms with Crippen LogP contribution in [0.4, 0.5) is 0 Å². The van der Waals surface area contributed by atoms with Crippen molar-refractivity contribution in [2.24, 2.45) is 0 Å². The molecule has 1 aromatic heterocycles. The van der Waals surface area contributed by atoms with Gasteiger partial charge in [-0.2, -0.15) is 0 Å². The lowest BCUT2D eigenvalue weighted by Crippen LogP contribution is -2.00. The minimum atomic E-state index is -0.275. The molecule has 0 saturated carbocycles. The van der Waals surface area contributed by atoms with Crippen LogP contribution >= 0.6 is 0 Å². The Morgan fingerprint density at radius 3 is 2.75 bits per heavy atom. The van der Waals surface area contributed by atoms with Gasteiger partial charge in [0.2, 0.25) is 0 Å². The van der Waals surface area contributed by atoms with Gasteiger partial charge in [0, 0.05) is 12.4 Å². The van der Waals surface area contributed by atoms with Crippen LogP contribution in [0.2, 0.25) is 0 Å². The van der Waals surface area contributed by atoms with Crippen LogP contribution in [0.25, 0.3) is 0 Å². The van der Waals surface area contributed by atoms with Gasteiger partial charge in [-0.05, 0) is 0 Å². The molecule has 0 fully saturated rings. The zero-order valence-electron chi connectivity index (χ0n) is 4.06. The smallest absolute Gasteiger partial charge is 0.312 e. The summed E-state index contributed by atoms with van der Waals surface area (Å²) in [6, 6.07) is 0. The van der Waals surface area contributed by atoms with Crippen LogP contribution in [0.3, 0.4) is 0 Å². The van der Waals surface area contributed by atoms with Crippen molar-refractivity contribution in [3.05, 3.63) is 22.4 Å². The summed E-state index contributed by atoms with van der Waals surface area (Å²) in [5.41, 5.74) is 0.221. The highest BCUT2D eigenvalue weighted by molar-refractivity contribution is 5.73. The minimum Gasteiger partial charge on any atom is -0.312 e. The van der Waals surface area contributed by atoms with Crippen molar-refractivity contribution in [2.45, 2.75) is 0 Å². The summed E-state index contributed by atoms with van der Waals surface area (Å²) >= 11 is 0. The molecule has 1 aromatic rings. The van der Waals surface area contributed by atoms with E-state index in [0.29, 0.717) is 5.69 Å². The summed E-state index contributed by atoms with van der Waals surface area (Å²) < 4.78 is 0. The number of hydrogen-bond donors (Lipinski definition) is 3. The van der Waals surface area contributed by atoms with E-state index in [1.165, 1.54) is 6.20 Å². The van der Waals surface area contributed by atoms with Crippen LogP contribution in [0.15, 0.2) is 11.0 Å². The van der Waals surface area contributed by atoms with Gasteiger partial charge in [-0.3, -0.25) is 0 Å². The molecule has 0 atom stereocenters. The lowest BCUT2D eigenvalue weighted by Gasteiger charge is -1.70. The van der Waals surface area contributed by atoms with Crippen LogP contribution in [-0.4, -0.2) is 16.2 Å². The number of imidazole rings is 1. The van der Waals surface area contributed by atoms with Gasteiger partial charge >= 0.3 is 5.69 Å². The molecule has 3 N–H and O–H groups in total. The molecular weight excluding hydrogens is 106 g/mol. The van der Waals surface area contributed by atoms with Crippen molar-refractivity contribution in [2.75, 3.05) is 0 Å². The summed E-state index contributed by atoms with van der Waals surface area (Å²) in [6.07, 6.45) is 2.51. The maximum absolute atomic E-state index is 10.2. The van der Waals surface area contributed by atoms with Gasteiger partial charge in [-0.25, -0.2) is 4.79 Å². The van der Waals surface area contributed by atoms with E-state index in [1.807, 2.05) is 0 Å². The topological polar surface area (TPSA) is 72.5 Å². The lowest BCUT2D eigenvalue weighted by atomic mass is 10.5. The summed E-state index contributed by atoms with van der Waals surface area (Å²) in [5.74, 6) is 0. The summed E-state index contributed by atoms with van der Waals surface area (Å²) in [6.45, 7) is 0. The van der Waals surface area contributed by atoms with E-state index < -0.39 is 0 Å². The Labute approximate surface area is 45.1 Å². The highest BCUT2D eigenvalue weighted by Gasteiger charge is 1.85. The molecule has 1 heterocycles. The van der Waals surface area contributed by atoms with Gasteiger partial charge in [0.1, 0.15) is 0 Å². The maximum atomic E-state index is 10.2. The highest BCUT2D eigenvalue weighted by atomic mass is 16.1. The predicted octanol–water partition coefficient (Wildman–Crippen LogP) is -0.299. The van der Waals surface area contributed by atoms with Crippen LogP contribution in [0, 0.1) is 5.41 Å². The second-order valence-corrected chi connectivity index (χ2v) is 1.34. The van der Waals surface area contributed by atoms with E-state index >= 15 is 0 Å². The average molecular weight is 111 g/mol. The fourth-order valence-electron chi connectivity index (χ4n) is 0.424. The third kappa shape index (κ3) is 0.676. The van der Waals surface area contributed by atoms with Gasteiger partial charge in [0.05, 0.1) is 5.69 Å². The summed E-state index contributed by atoms with van der Waals surface area (Å²) in [7, 11) is 0. The molecule has 0 bridgehead atoms. The second kappa shape index (κ2) is 1.65. The van der Waals surface area contributed by atoms with Gasteiger partial charge in [-0.1, -0.05) is 0 Å². The zero-order valence-corrected chi connectivity index (χ0v) is 4.06. The van der Waals surface area contributed by atoms with E-state index in [0.717, 1.165) is 6.21 Å². The third-order valence-corrected chi connectivity index (χ3v) is 0.772. The summed E-state index contributed by atoms with van der Waals surface area (Å²) in [4.78, 5) is 15.0. The average Bonchev–Trinajstić information content (AvgIpc) is 2.14. The Kier molecular flexibility index (Phi) is 0.997. The monoisotopic (exact) mass is 111 g/mol. The van der Waals surface area contributed by atoms with Gasteiger partial charge in [0.25, 0.3) is 0 Å². The lowest BCUT2D eigenvalue weighted by molar-refractivity contribution is 1.18. The first-order valence-corrected chi connectivity index (χ1v) is 2.11. The number of rotatable bonds is 1. The van der Waals surface area contributed by atoms with Crippen molar-refractivity contribution >= 4 is 6.21 Å². The molecule has 0 saturated heterocycles. The van der Waals surface area contributed by atoms with Crippen molar-refractivity contribution in [3.63, 3.8) is 0 Å². The fraction of sp³-hybridized carbons (Fsp3) is 0. The van der Waals surface area contributed by atoms with E-state index in [-0.39, 0.29) is 5.69 Å². The maximum Gasteiger partial charge on any atom is 0.323 e. The molecule has 4 heteroatoms. The Hall–Kier alpha value is -1.32. The zero-order chi connectivity index (χ0) is 5.98. The first kappa shape index (κ1) is 4.83. The minimum absolute atomic E-state index is 0.275. The summed E-state index contributed by atoms with van der Waals surface area (Å²) in [5, 5.41) is 6.64. The molecule has 8 heavy (non-hydrogen) atoms. The van der Waals surface area contributed by atoms with Crippen LogP contribution < -0.4 is 5.69 Å². The molecule has 0 radical (unpaired) electrons. The molecule has 0 spiro atoms. The Balaban J connectivity index is 3.18. The van der Waals surface area contributed by atoms with Crippen molar-refractivity contribution in [3.8, 4) is 0 Å². The van der Waals surface area contributed by atoms with E-state index in [1.54, 1.807) is 0 Å². The second-order valence-electron chi connectivity index (χ2n) is 1.34. The van der Waals surface area contributed by atoms with E-state index in [2.05, 4.69) is 9.97 Å². The first-order chi connectivity index (χ1) is 3.83. The largest absolute Gasteiger partial charge is 0.323 e. The standard InChI is InChI=1S/C4H5N3O/c5-1-3-2-6-4(8)7-3/h1-2,5H,(H2,6,7,8). The molecule has 0 aliphatic rings. The molecule has 0 unspecified atom stereocenters. The van der Waals surface area contributed by atoms with Gasteiger partial charge in [-0.15, -0.1) is 0 Å². The molecular formula is C4H5N3O. The molecule has 4 nitrogen and oxygen atoms in total. The molecule has 0 aliphatic carbocycles. The number of nitrogens with one attached hydrogen (secondary N) is 3. The number of aromatic amines is 2. The Morgan fingerprint density at radius 2 is 2.50 bits per heavy atom. The SMILES string of the molecule is N=Cc1c[nH]c(=O)[nH]1. The van der Waals surface area contributed by atoms with Crippen molar-refractivity contribution in [1.29, 1.82) is 5.41 Å². The van der Waals surface area contributed by atoms with Crippen molar-refractivity contribution < 1.29 is 0 Å². The molecule has 42 valence electrons. The van der Waals surface area contributed by atoms with Crippen LogP contribution in [0.1, 0.15) is 5.69 Å². The molecule has 0 amide bonds. The number of H-pyrrole nitrogens is 2. The molecule has 0 aromatic carbocycles. The van der Waals surface area contributed by atoms with Gasteiger partial charge in [0.15, 0.2) is 0 Å². The predicted molar refractivity (Wildman–Crippen MR) is 29.3 cm³/mol. The molecule has 1 rings (SSSR count). The highest BCUT2D eigenvalue weighted by Crippen LogP contribution is 1.75. The van der Waals surface area contributed by atoms with Crippen LogP contribution in [0.5, 0.6) is 0 Å². The number of aromatic nitrogens is 2. The third-order valence-electron chi connectivity index (χ3n) is 0.772. The fourth-order valence-corrected chi connectivity index (χ4v) is 0.424. The Bertz CT molecular complexity index is 233. The van der Waals surface area contributed by atoms with Crippen LogP contribution in [-0.2, 0) is 0 Å². The van der Waals surface area contributed by atoms with Crippen molar-refractivity contribution in [1.82, 2.24) is 9.97 Å². The van der Waals surface area contributed by atoms with E-state index in [9.17, 15) is 4.79 Å². The molecule has 0 aliphatic heterocycles.